The molecular weight excluding hydrogens is 327 g/mol. The number of carboxylic acid groups (broad SMARTS) is 1. The van der Waals surface area contributed by atoms with Gasteiger partial charge in [0.05, 0.1) is 18.2 Å². The molecule has 6 nitrogen and oxygen atoms in total. The van der Waals surface area contributed by atoms with Crippen LogP contribution in [0.4, 0.5) is 4.39 Å². The van der Waals surface area contributed by atoms with Gasteiger partial charge < -0.3 is 15.2 Å². The number of amides is 1. The van der Waals surface area contributed by atoms with Gasteiger partial charge in [0, 0.05) is 17.9 Å². The number of aromatic carboxylic acids is 1. The lowest BCUT2D eigenvalue weighted by molar-refractivity contribution is 0.0696. The van der Waals surface area contributed by atoms with Crippen molar-refractivity contribution in [3.63, 3.8) is 0 Å². The molecule has 2 N–H and O–H groups in total. The maximum absolute atomic E-state index is 13.5. The monoisotopic (exact) mass is 344 g/mol. The molecule has 1 aromatic heterocycles. The van der Waals surface area contributed by atoms with Crippen molar-refractivity contribution < 1.29 is 23.8 Å². The molecule has 1 amide bonds. The van der Waals surface area contributed by atoms with Crippen molar-refractivity contribution in [2.75, 3.05) is 7.11 Å². The van der Waals surface area contributed by atoms with Gasteiger partial charge in [-0.2, -0.15) is 0 Å². The van der Waals surface area contributed by atoms with E-state index in [2.05, 4.69) is 10.3 Å². The molecule has 1 saturated carbocycles. The molecule has 1 heterocycles. The molecule has 2 aromatic rings. The van der Waals surface area contributed by atoms with Crippen molar-refractivity contribution in [3.05, 3.63) is 59.2 Å². The van der Waals surface area contributed by atoms with Crippen LogP contribution in [0.25, 0.3) is 0 Å². The fourth-order valence-corrected chi connectivity index (χ4v) is 2.74. The molecule has 1 aliphatic carbocycles. The average molecular weight is 344 g/mol. The Morgan fingerprint density at radius 1 is 1.28 bits per heavy atom. The zero-order valence-corrected chi connectivity index (χ0v) is 13.6. The summed E-state index contributed by atoms with van der Waals surface area (Å²) < 4.78 is 18.8. The molecule has 7 heteroatoms. The van der Waals surface area contributed by atoms with E-state index in [4.69, 9.17) is 9.84 Å². The van der Waals surface area contributed by atoms with Crippen molar-refractivity contribution >= 4 is 11.9 Å². The first-order chi connectivity index (χ1) is 11.9. The van der Waals surface area contributed by atoms with Crippen LogP contribution in [0.2, 0.25) is 0 Å². The van der Waals surface area contributed by atoms with Gasteiger partial charge in [-0.15, -0.1) is 0 Å². The number of hydrogen-bond donors (Lipinski definition) is 2. The number of rotatable bonds is 6. The molecule has 25 heavy (non-hydrogen) atoms. The molecule has 1 fully saturated rings. The van der Waals surface area contributed by atoms with E-state index in [1.807, 2.05) is 0 Å². The van der Waals surface area contributed by atoms with Gasteiger partial charge in [0.25, 0.3) is 5.91 Å². The summed E-state index contributed by atoms with van der Waals surface area (Å²) in [5, 5.41) is 11.9. The molecule has 0 bridgehead atoms. The second kappa shape index (κ2) is 6.51. The Hall–Kier alpha value is -2.96. The van der Waals surface area contributed by atoms with Crippen molar-refractivity contribution in [1.29, 1.82) is 0 Å². The minimum absolute atomic E-state index is 0.0516. The third-order valence-corrected chi connectivity index (χ3v) is 4.25. The molecule has 0 unspecified atom stereocenters. The summed E-state index contributed by atoms with van der Waals surface area (Å²) in [6.45, 7) is 0. The first-order valence-electron chi connectivity index (χ1n) is 7.76. The molecule has 0 aliphatic heterocycles. The zero-order valence-electron chi connectivity index (χ0n) is 13.6. The summed E-state index contributed by atoms with van der Waals surface area (Å²) >= 11 is 0. The number of carbonyl (C=O) groups is 2. The summed E-state index contributed by atoms with van der Waals surface area (Å²) in [5.74, 6) is -1.34. The fraction of sp³-hybridized carbons (Fsp3) is 0.278. The van der Waals surface area contributed by atoms with E-state index in [-0.39, 0.29) is 16.9 Å². The van der Waals surface area contributed by atoms with Crippen molar-refractivity contribution in [2.24, 2.45) is 0 Å². The number of benzene rings is 1. The van der Waals surface area contributed by atoms with Crippen LogP contribution in [-0.2, 0) is 6.42 Å². The maximum atomic E-state index is 13.5. The molecule has 3 rings (SSSR count). The first-order valence-corrected chi connectivity index (χ1v) is 7.76. The SMILES string of the molecule is COc1ccc(F)cc1CC1(NC(=O)c2cncc(C(=O)O)c2)CC1. The summed E-state index contributed by atoms with van der Waals surface area (Å²) in [7, 11) is 1.51. The number of ether oxygens (including phenoxy) is 1. The highest BCUT2D eigenvalue weighted by Gasteiger charge is 2.44. The van der Waals surface area contributed by atoms with Crippen LogP contribution in [0.3, 0.4) is 0 Å². The number of hydrogen-bond acceptors (Lipinski definition) is 4. The topological polar surface area (TPSA) is 88.5 Å². The third-order valence-electron chi connectivity index (χ3n) is 4.25. The number of pyridine rings is 1. The highest BCUT2D eigenvalue weighted by Crippen LogP contribution is 2.40. The summed E-state index contributed by atoms with van der Waals surface area (Å²) in [6.07, 6.45) is 4.45. The molecule has 1 aromatic carbocycles. The Bertz CT molecular complexity index is 834. The highest BCUT2D eigenvalue weighted by atomic mass is 19.1. The van der Waals surface area contributed by atoms with Gasteiger partial charge in [-0.3, -0.25) is 9.78 Å². The van der Waals surface area contributed by atoms with Gasteiger partial charge in [0.15, 0.2) is 0 Å². The van der Waals surface area contributed by atoms with Gasteiger partial charge in [0.2, 0.25) is 0 Å². The average Bonchev–Trinajstić information content (AvgIpc) is 3.34. The van der Waals surface area contributed by atoms with Gasteiger partial charge in [0.1, 0.15) is 11.6 Å². The molecule has 130 valence electrons. The lowest BCUT2D eigenvalue weighted by atomic mass is 10.0. The van der Waals surface area contributed by atoms with E-state index in [0.717, 1.165) is 12.8 Å². The van der Waals surface area contributed by atoms with Gasteiger partial charge in [-0.1, -0.05) is 0 Å². The predicted octanol–water partition coefficient (Wildman–Crippen LogP) is 2.43. The molecule has 0 radical (unpaired) electrons. The third kappa shape index (κ3) is 3.76. The predicted molar refractivity (Wildman–Crippen MR) is 87.3 cm³/mol. The zero-order chi connectivity index (χ0) is 18.0. The van der Waals surface area contributed by atoms with E-state index < -0.39 is 17.4 Å². The molecule has 0 spiro atoms. The van der Waals surface area contributed by atoms with Crippen LogP contribution >= 0.6 is 0 Å². The maximum Gasteiger partial charge on any atom is 0.337 e. The van der Waals surface area contributed by atoms with Crippen molar-refractivity contribution in [2.45, 2.75) is 24.8 Å². The van der Waals surface area contributed by atoms with E-state index in [9.17, 15) is 14.0 Å². The van der Waals surface area contributed by atoms with E-state index >= 15 is 0 Å². The van der Waals surface area contributed by atoms with Gasteiger partial charge in [-0.25, -0.2) is 9.18 Å². The second-order valence-electron chi connectivity index (χ2n) is 6.13. The number of nitrogens with zero attached hydrogens (tertiary/aromatic N) is 1. The molecular formula is C18H17FN2O4. The summed E-state index contributed by atoms with van der Waals surface area (Å²) in [4.78, 5) is 27.2. The summed E-state index contributed by atoms with van der Waals surface area (Å²) in [5.41, 5.74) is 0.330. The van der Waals surface area contributed by atoms with Crippen LogP contribution in [0.15, 0.2) is 36.7 Å². The van der Waals surface area contributed by atoms with E-state index in [0.29, 0.717) is 17.7 Å². The van der Waals surface area contributed by atoms with Crippen LogP contribution in [0.1, 0.15) is 39.1 Å². The Labute approximate surface area is 143 Å². The van der Waals surface area contributed by atoms with Crippen LogP contribution in [0.5, 0.6) is 5.75 Å². The largest absolute Gasteiger partial charge is 0.496 e. The van der Waals surface area contributed by atoms with E-state index in [1.165, 1.54) is 37.7 Å². The quantitative estimate of drug-likeness (QED) is 0.840. The smallest absolute Gasteiger partial charge is 0.337 e. The van der Waals surface area contributed by atoms with Gasteiger partial charge >= 0.3 is 5.97 Å². The molecule has 0 saturated heterocycles. The first kappa shape index (κ1) is 16.9. The fourth-order valence-electron chi connectivity index (χ4n) is 2.74. The molecule has 1 aliphatic rings. The Morgan fingerprint density at radius 2 is 2.00 bits per heavy atom. The second-order valence-corrected chi connectivity index (χ2v) is 6.13. The van der Waals surface area contributed by atoms with Crippen LogP contribution < -0.4 is 10.1 Å². The van der Waals surface area contributed by atoms with Crippen molar-refractivity contribution in [1.82, 2.24) is 10.3 Å². The number of carboxylic acids is 1. The Kier molecular flexibility index (Phi) is 4.39. The van der Waals surface area contributed by atoms with Crippen LogP contribution in [0, 0.1) is 5.82 Å². The standard InChI is InChI=1S/C18H17FN2O4/c1-25-15-3-2-14(19)7-11(15)8-18(4-5-18)21-16(22)12-6-13(17(23)24)10-20-9-12/h2-3,6-7,9-10H,4-5,8H2,1H3,(H,21,22)(H,23,24). The minimum atomic E-state index is -1.15. The van der Waals surface area contributed by atoms with E-state index in [1.54, 1.807) is 6.07 Å². The highest BCUT2D eigenvalue weighted by molar-refractivity contribution is 5.97. The number of nitrogens with one attached hydrogen (secondary N) is 1. The minimum Gasteiger partial charge on any atom is -0.496 e. The van der Waals surface area contributed by atoms with Gasteiger partial charge in [-0.05, 0) is 49.1 Å². The lowest BCUT2D eigenvalue weighted by Gasteiger charge is -2.19. The lowest BCUT2D eigenvalue weighted by Crippen LogP contribution is -2.38. The Morgan fingerprint density at radius 3 is 2.64 bits per heavy atom. The number of aromatic nitrogens is 1. The summed E-state index contributed by atoms with van der Waals surface area (Å²) in [6, 6.07) is 5.56. The van der Waals surface area contributed by atoms with Crippen LogP contribution in [-0.4, -0.2) is 34.6 Å². The molecule has 0 atom stereocenters. The Balaban J connectivity index is 1.76. The number of carbonyl (C=O) groups excluding carboxylic acids is 1. The number of halogens is 1. The normalized spacial score (nSPS) is 14.6. The number of methoxy groups -OCH3 is 1. The van der Waals surface area contributed by atoms with Crippen molar-refractivity contribution in [3.8, 4) is 5.75 Å².